The monoisotopic (exact) mass is 314 g/mol. The fourth-order valence-corrected chi connectivity index (χ4v) is 3.16. The molecule has 1 aromatic heterocycles. The molecule has 86 valence electrons. The standard InChI is InChI=1S/C10H4BrFN2O2S/c11-5-1-2-6(12)8-7(5)4(3-13)9(17-8)14-10(15)16/h1-2,14H,(H,15,16). The van der Waals surface area contributed by atoms with Gasteiger partial charge in [-0.25, -0.2) is 9.18 Å². The van der Waals surface area contributed by atoms with E-state index in [1.165, 1.54) is 12.1 Å². The topological polar surface area (TPSA) is 73.1 Å². The van der Waals surface area contributed by atoms with Crippen molar-refractivity contribution in [2.24, 2.45) is 0 Å². The molecule has 1 heterocycles. The summed E-state index contributed by atoms with van der Waals surface area (Å²) in [4.78, 5) is 10.6. The van der Waals surface area contributed by atoms with Crippen LogP contribution >= 0.6 is 27.3 Å². The van der Waals surface area contributed by atoms with Crippen molar-refractivity contribution in [3.05, 3.63) is 28.0 Å². The maximum atomic E-state index is 13.5. The van der Waals surface area contributed by atoms with Crippen LogP contribution in [0, 0.1) is 17.1 Å². The van der Waals surface area contributed by atoms with E-state index in [-0.39, 0.29) is 15.3 Å². The molecule has 4 nitrogen and oxygen atoms in total. The van der Waals surface area contributed by atoms with Crippen LogP contribution in [0.1, 0.15) is 5.56 Å². The quantitative estimate of drug-likeness (QED) is 0.841. The second-order valence-electron chi connectivity index (χ2n) is 3.08. The number of nitriles is 1. The average Bonchev–Trinajstić information content (AvgIpc) is 2.62. The van der Waals surface area contributed by atoms with E-state index >= 15 is 0 Å². The molecule has 0 radical (unpaired) electrons. The van der Waals surface area contributed by atoms with Crippen LogP contribution in [0.4, 0.5) is 14.2 Å². The summed E-state index contributed by atoms with van der Waals surface area (Å²) in [6.45, 7) is 0. The summed E-state index contributed by atoms with van der Waals surface area (Å²) in [6.07, 6.45) is -1.29. The normalized spacial score (nSPS) is 10.2. The van der Waals surface area contributed by atoms with Crippen molar-refractivity contribution < 1.29 is 14.3 Å². The minimum absolute atomic E-state index is 0.124. The molecule has 0 bridgehead atoms. The van der Waals surface area contributed by atoms with Gasteiger partial charge in [0.05, 0.1) is 10.3 Å². The number of anilines is 1. The maximum Gasteiger partial charge on any atom is 0.409 e. The number of amides is 1. The second-order valence-corrected chi connectivity index (χ2v) is 4.96. The van der Waals surface area contributed by atoms with Crippen LogP contribution in [0.5, 0.6) is 0 Å². The smallest absolute Gasteiger partial charge is 0.409 e. The average molecular weight is 315 g/mol. The highest BCUT2D eigenvalue weighted by Gasteiger charge is 2.18. The van der Waals surface area contributed by atoms with Crippen molar-refractivity contribution in [1.82, 2.24) is 0 Å². The highest BCUT2D eigenvalue weighted by atomic mass is 79.9. The predicted molar refractivity (Wildman–Crippen MR) is 65.8 cm³/mol. The van der Waals surface area contributed by atoms with E-state index < -0.39 is 11.9 Å². The summed E-state index contributed by atoms with van der Waals surface area (Å²) in [6, 6.07) is 4.62. The van der Waals surface area contributed by atoms with Gasteiger partial charge < -0.3 is 5.11 Å². The minimum Gasteiger partial charge on any atom is -0.465 e. The Hall–Kier alpha value is -1.65. The molecule has 0 unspecified atom stereocenters. The van der Waals surface area contributed by atoms with Gasteiger partial charge in [0.2, 0.25) is 0 Å². The lowest BCUT2D eigenvalue weighted by Gasteiger charge is -1.96. The van der Waals surface area contributed by atoms with Crippen LogP contribution in [0.15, 0.2) is 16.6 Å². The summed E-state index contributed by atoms with van der Waals surface area (Å²) < 4.78 is 14.3. The van der Waals surface area contributed by atoms with Crippen LogP contribution in [0.2, 0.25) is 0 Å². The first-order valence-corrected chi connectivity index (χ1v) is 5.96. The molecule has 2 aromatic rings. The summed E-state index contributed by atoms with van der Waals surface area (Å²) in [7, 11) is 0. The third-order valence-electron chi connectivity index (χ3n) is 2.07. The van der Waals surface area contributed by atoms with Crippen LogP contribution in [-0.2, 0) is 0 Å². The zero-order valence-corrected chi connectivity index (χ0v) is 10.5. The third kappa shape index (κ3) is 1.97. The molecule has 0 spiro atoms. The molecule has 2 rings (SSSR count). The predicted octanol–water partition coefficient (Wildman–Crippen LogP) is 3.76. The van der Waals surface area contributed by atoms with E-state index in [0.717, 1.165) is 11.3 Å². The van der Waals surface area contributed by atoms with E-state index in [0.29, 0.717) is 9.86 Å². The van der Waals surface area contributed by atoms with Gasteiger partial charge in [0, 0.05) is 9.86 Å². The number of benzene rings is 1. The second kappa shape index (κ2) is 4.31. The van der Waals surface area contributed by atoms with Gasteiger partial charge >= 0.3 is 6.09 Å². The summed E-state index contributed by atoms with van der Waals surface area (Å²) in [5.74, 6) is -0.483. The molecule has 0 fully saturated rings. The fourth-order valence-electron chi connectivity index (χ4n) is 1.42. The molecule has 0 saturated carbocycles. The van der Waals surface area contributed by atoms with Gasteiger partial charge in [-0.1, -0.05) is 15.9 Å². The Labute approximate surface area is 107 Å². The maximum absolute atomic E-state index is 13.5. The molecule has 1 amide bonds. The molecule has 1 aromatic carbocycles. The first-order valence-electron chi connectivity index (χ1n) is 4.35. The van der Waals surface area contributed by atoms with Gasteiger partial charge in [-0.15, -0.1) is 11.3 Å². The number of halogens is 2. The van der Waals surface area contributed by atoms with Gasteiger partial charge in [-0.05, 0) is 12.1 Å². The zero-order valence-electron chi connectivity index (χ0n) is 8.12. The number of carboxylic acid groups (broad SMARTS) is 1. The third-order valence-corrected chi connectivity index (χ3v) is 3.85. The van der Waals surface area contributed by atoms with Gasteiger partial charge in [-0.2, -0.15) is 5.26 Å². The van der Waals surface area contributed by atoms with E-state index in [9.17, 15) is 9.18 Å². The molecular weight excluding hydrogens is 311 g/mol. The Balaban J connectivity index is 2.80. The van der Waals surface area contributed by atoms with Crippen molar-refractivity contribution in [2.45, 2.75) is 0 Å². The Kier molecular flexibility index (Phi) is 3.00. The van der Waals surface area contributed by atoms with Gasteiger partial charge in [0.1, 0.15) is 16.9 Å². The number of rotatable bonds is 1. The number of hydrogen-bond donors (Lipinski definition) is 2. The van der Waals surface area contributed by atoms with Gasteiger partial charge in [0.15, 0.2) is 0 Å². The number of nitrogens with one attached hydrogen (secondary N) is 1. The molecule has 2 N–H and O–H groups in total. The van der Waals surface area contributed by atoms with Crippen LogP contribution in [-0.4, -0.2) is 11.2 Å². The Morgan fingerprint density at radius 2 is 2.29 bits per heavy atom. The Morgan fingerprint density at radius 1 is 1.59 bits per heavy atom. The van der Waals surface area contributed by atoms with Crippen molar-refractivity contribution in [1.29, 1.82) is 5.26 Å². The summed E-state index contributed by atoms with van der Waals surface area (Å²) in [5.41, 5.74) is 0.124. The summed E-state index contributed by atoms with van der Waals surface area (Å²) >= 11 is 4.11. The lowest BCUT2D eigenvalue weighted by Crippen LogP contribution is -2.06. The molecule has 0 aliphatic carbocycles. The molecular formula is C10H4BrFN2O2S. The molecule has 0 atom stereocenters. The summed E-state index contributed by atoms with van der Waals surface area (Å²) in [5, 5.41) is 20.3. The Bertz CT molecular complexity index is 662. The molecule has 7 heteroatoms. The zero-order chi connectivity index (χ0) is 12.6. The molecule has 0 aliphatic heterocycles. The first kappa shape index (κ1) is 11.8. The largest absolute Gasteiger partial charge is 0.465 e. The Morgan fingerprint density at radius 3 is 2.88 bits per heavy atom. The van der Waals surface area contributed by atoms with Crippen LogP contribution in [0.3, 0.4) is 0 Å². The van der Waals surface area contributed by atoms with Crippen molar-refractivity contribution in [2.75, 3.05) is 5.32 Å². The van der Waals surface area contributed by atoms with Gasteiger partial charge in [-0.3, -0.25) is 5.32 Å². The highest BCUT2D eigenvalue weighted by molar-refractivity contribution is 9.10. The number of carbonyl (C=O) groups is 1. The van der Waals surface area contributed by atoms with Crippen LogP contribution in [0.25, 0.3) is 10.1 Å². The minimum atomic E-state index is -1.29. The lowest BCUT2D eigenvalue weighted by molar-refractivity contribution is 0.210. The highest BCUT2D eigenvalue weighted by Crippen LogP contribution is 2.40. The van der Waals surface area contributed by atoms with E-state index in [1.54, 1.807) is 0 Å². The first-order chi connectivity index (χ1) is 8.04. The van der Waals surface area contributed by atoms with Crippen LogP contribution < -0.4 is 5.32 Å². The molecule has 17 heavy (non-hydrogen) atoms. The van der Waals surface area contributed by atoms with Crippen molar-refractivity contribution >= 4 is 48.4 Å². The molecule has 0 aliphatic rings. The number of thiophene rings is 1. The SMILES string of the molecule is N#Cc1c(NC(=O)O)sc2c(F)ccc(Br)c12. The number of nitrogens with zero attached hydrogens (tertiary/aromatic N) is 1. The molecule has 0 saturated heterocycles. The lowest BCUT2D eigenvalue weighted by atomic mass is 10.2. The van der Waals surface area contributed by atoms with E-state index in [1.807, 2.05) is 6.07 Å². The van der Waals surface area contributed by atoms with Crippen molar-refractivity contribution in [3.8, 4) is 6.07 Å². The van der Waals surface area contributed by atoms with Crippen molar-refractivity contribution in [3.63, 3.8) is 0 Å². The number of fused-ring (bicyclic) bond motifs is 1. The fraction of sp³-hybridized carbons (Fsp3) is 0. The van der Waals surface area contributed by atoms with E-state index in [4.69, 9.17) is 10.4 Å². The number of hydrogen-bond acceptors (Lipinski definition) is 3. The van der Waals surface area contributed by atoms with Gasteiger partial charge in [0.25, 0.3) is 0 Å². The van der Waals surface area contributed by atoms with E-state index in [2.05, 4.69) is 21.2 Å².